The Morgan fingerprint density at radius 2 is 2.26 bits per heavy atom. The third kappa shape index (κ3) is 3.58. The Balaban J connectivity index is 1.47. The summed E-state index contributed by atoms with van der Waals surface area (Å²) in [4.78, 5) is 12.6. The molecule has 1 aliphatic carbocycles. The predicted molar refractivity (Wildman–Crippen MR) is 100.0 cm³/mol. The molecule has 1 N–H and O–H groups in total. The predicted octanol–water partition coefficient (Wildman–Crippen LogP) is 3.31. The third-order valence-electron chi connectivity index (χ3n) is 4.92. The van der Waals surface area contributed by atoms with Gasteiger partial charge in [0.1, 0.15) is 11.5 Å². The van der Waals surface area contributed by atoms with Crippen molar-refractivity contribution in [1.82, 2.24) is 14.9 Å². The molecule has 0 spiro atoms. The quantitative estimate of drug-likeness (QED) is 0.749. The Kier molecular flexibility index (Phi) is 4.66. The van der Waals surface area contributed by atoms with E-state index in [1.54, 1.807) is 24.2 Å². The van der Waals surface area contributed by atoms with Crippen LogP contribution in [0.1, 0.15) is 40.7 Å². The van der Waals surface area contributed by atoms with Crippen molar-refractivity contribution in [3.05, 3.63) is 59.2 Å². The summed E-state index contributed by atoms with van der Waals surface area (Å²) in [6.45, 7) is 2.73. The number of amides is 1. The van der Waals surface area contributed by atoms with E-state index in [1.807, 2.05) is 24.3 Å². The van der Waals surface area contributed by atoms with Crippen molar-refractivity contribution in [3.8, 4) is 5.75 Å². The third-order valence-corrected chi connectivity index (χ3v) is 4.92. The highest BCUT2D eigenvalue weighted by molar-refractivity contribution is 6.03. The van der Waals surface area contributed by atoms with Gasteiger partial charge in [-0.25, -0.2) is 0 Å². The van der Waals surface area contributed by atoms with Gasteiger partial charge in [-0.1, -0.05) is 30.3 Å². The lowest BCUT2D eigenvalue weighted by Crippen LogP contribution is -2.17. The van der Waals surface area contributed by atoms with Gasteiger partial charge in [0, 0.05) is 23.7 Å². The topological polar surface area (TPSA) is 82.2 Å². The van der Waals surface area contributed by atoms with Gasteiger partial charge in [-0.3, -0.25) is 9.48 Å². The molecule has 140 valence electrons. The molecule has 0 saturated heterocycles. The number of aryl methyl sites for hydroxylation is 1. The van der Waals surface area contributed by atoms with Crippen LogP contribution in [0.15, 0.2) is 41.2 Å². The Morgan fingerprint density at radius 3 is 3.11 bits per heavy atom. The van der Waals surface area contributed by atoms with Gasteiger partial charge in [-0.15, -0.1) is 0 Å². The van der Waals surface area contributed by atoms with Crippen molar-refractivity contribution >= 4 is 11.6 Å². The molecule has 3 aromatic rings. The van der Waals surface area contributed by atoms with Gasteiger partial charge in [0.25, 0.3) is 5.91 Å². The van der Waals surface area contributed by atoms with Gasteiger partial charge in [0.05, 0.1) is 25.5 Å². The standard InChI is InChI=1S/C20H22N4O3/c1-13-7-8-18-16(9-13)19(23-27-18)20(25)22-15-10-21-24(12-15)11-14-5-3-4-6-17(14)26-2/h3-6,10,12-13H,7-9,11H2,1-2H3,(H,22,25). The zero-order valence-corrected chi connectivity index (χ0v) is 15.4. The maximum absolute atomic E-state index is 12.6. The number of para-hydroxylation sites is 1. The number of hydrogen-bond donors (Lipinski definition) is 1. The van der Waals surface area contributed by atoms with Crippen LogP contribution >= 0.6 is 0 Å². The van der Waals surface area contributed by atoms with Crippen LogP contribution in [0.25, 0.3) is 0 Å². The van der Waals surface area contributed by atoms with Crippen LogP contribution in [-0.2, 0) is 19.4 Å². The van der Waals surface area contributed by atoms with Crippen molar-refractivity contribution in [2.24, 2.45) is 5.92 Å². The maximum Gasteiger partial charge on any atom is 0.278 e. The summed E-state index contributed by atoms with van der Waals surface area (Å²) in [5.41, 5.74) is 2.96. The van der Waals surface area contributed by atoms with Crippen LogP contribution in [0, 0.1) is 5.92 Å². The lowest BCUT2D eigenvalue weighted by atomic mass is 9.88. The summed E-state index contributed by atoms with van der Waals surface area (Å²) < 4.78 is 12.5. The van der Waals surface area contributed by atoms with E-state index in [9.17, 15) is 4.79 Å². The van der Waals surface area contributed by atoms with Crippen LogP contribution in [0.3, 0.4) is 0 Å². The van der Waals surface area contributed by atoms with E-state index in [1.165, 1.54) is 0 Å². The molecule has 0 aliphatic heterocycles. The highest BCUT2D eigenvalue weighted by Gasteiger charge is 2.27. The zero-order chi connectivity index (χ0) is 18.8. The fourth-order valence-electron chi connectivity index (χ4n) is 3.47. The van der Waals surface area contributed by atoms with E-state index in [-0.39, 0.29) is 5.91 Å². The lowest BCUT2D eigenvalue weighted by molar-refractivity contribution is 0.101. The molecule has 1 atom stereocenters. The number of carbonyl (C=O) groups excluding carboxylic acids is 1. The van der Waals surface area contributed by atoms with Crippen LogP contribution < -0.4 is 10.1 Å². The molecule has 0 radical (unpaired) electrons. The van der Waals surface area contributed by atoms with Gasteiger partial charge in [0.2, 0.25) is 0 Å². The van der Waals surface area contributed by atoms with E-state index in [4.69, 9.17) is 9.26 Å². The summed E-state index contributed by atoms with van der Waals surface area (Å²) in [6.07, 6.45) is 6.16. The Bertz CT molecular complexity index is 960. The summed E-state index contributed by atoms with van der Waals surface area (Å²) >= 11 is 0. The van der Waals surface area contributed by atoms with Crippen molar-refractivity contribution in [1.29, 1.82) is 0 Å². The summed E-state index contributed by atoms with van der Waals surface area (Å²) in [5.74, 6) is 1.92. The van der Waals surface area contributed by atoms with E-state index in [2.05, 4.69) is 22.5 Å². The molecular formula is C20H22N4O3. The van der Waals surface area contributed by atoms with Crippen molar-refractivity contribution < 1.29 is 14.1 Å². The number of methoxy groups -OCH3 is 1. The monoisotopic (exact) mass is 366 g/mol. The Labute approximate surface area is 157 Å². The van der Waals surface area contributed by atoms with Gasteiger partial charge < -0.3 is 14.6 Å². The molecule has 1 aliphatic rings. The summed E-state index contributed by atoms with van der Waals surface area (Å²) in [5, 5.41) is 11.2. The Hall–Kier alpha value is -3.09. The average molecular weight is 366 g/mol. The number of nitrogens with one attached hydrogen (secondary N) is 1. The van der Waals surface area contributed by atoms with E-state index >= 15 is 0 Å². The first-order chi connectivity index (χ1) is 13.1. The number of carbonyl (C=O) groups is 1. The summed E-state index contributed by atoms with van der Waals surface area (Å²) in [6, 6.07) is 7.78. The lowest BCUT2D eigenvalue weighted by Gasteiger charge is -2.16. The molecule has 1 unspecified atom stereocenters. The molecule has 4 rings (SSSR count). The average Bonchev–Trinajstić information content (AvgIpc) is 3.28. The Morgan fingerprint density at radius 1 is 1.41 bits per heavy atom. The highest BCUT2D eigenvalue weighted by Crippen LogP contribution is 2.28. The molecule has 2 aromatic heterocycles. The molecular weight excluding hydrogens is 344 g/mol. The number of rotatable bonds is 5. The van der Waals surface area contributed by atoms with Gasteiger partial charge in [-0.2, -0.15) is 5.10 Å². The van der Waals surface area contributed by atoms with Gasteiger partial charge in [0.15, 0.2) is 5.69 Å². The second-order valence-electron chi connectivity index (χ2n) is 6.97. The molecule has 2 heterocycles. The largest absolute Gasteiger partial charge is 0.496 e. The number of fused-ring (bicyclic) bond motifs is 1. The maximum atomic E-state index is 12.6. The second-order valence-corrected chi connectivity index (χ2v) is 6.97. The minimum absolute atomic E-state index is 0.258. The fourth-order valence-corrected chi connectivity index (χ4v) is 3.47. The first-order valence-corrected chi connectivity index (χ1v) is 9.07. The van der Waals surface area contributed by atoms with E-state index in [0.717, 1.165) is 41.9 Å². The minimum atomic E-state index is -0.258. The van der Waals surface area contributed by atoms with Crippen molar-refractivity contribution in [2.45, 2.75) is 32.7 Å². The van der Waals surface area contributed by atoms with Gasteiger partial charge in [-0.05, 0) is 24.8 Å². The fraction of sp³-hybridized carbons (Fsp3) is 0.350. The molecule has 1 aromatic carbocycles. The van der Waals surface area contributed by atoms with Crippen LogP contribution in [0.5, 0.6) is 5.75 Å². The molecule has 7 heteroatoms. The van der Waals surface area contributed by atoms with Crippen molar-refractivity contribution in [2.75, 3.05) is 12.4 Å². The summed E-state index contributed by atoms with van der Waals surface area (Å²) in [7, 11) is 1.65. The first kappa shape index (κ1) is 17.3. The normalized spacial score (nSPS) is 16.0. The number of hydrogen-bond acceptors (Lipinski definition) is 5. The number of nitrogens with zero attached hydrogens (tertiary/aromatic N) is 3. The highest BCUT2D eigenvalue weighted by atomic mass is 16.5. The van der Waals surface area contributed by atoms with E-state index < -0.39 is 0 Å². The number of ether oxygens (including phenoxy) is 1. The first-order valence-electron chi connectivity index (χ1n) is 9.07. The smallest absolute Gasteiger partial charge is 0.278 e. The number of anilines is 1. The molecule has 0 fully saturated rings. The molecule has 27 heavy (non-hydrogen) atoms. The SMILES string of the molecule is COc1ccccc1Cn1cc(NC(=O)c2noc3c2CC(C)CC3)cn1. The zero-order valence-electron chi connectivity index (χ0n) is 15.4. The van der Waals surface area contributed by atoms with Crippen LogP contribution in [0.2, 0.25) is 0 Å². The number of aromatic nitrogens is 3. The molecule has 0 saturated carbocycles. The number of benzene rings is 1. The van der Waals surface area contributed by atoms with Crippen molar-refractivity contribution in [3.63, 3.8) is 0 Å². The van der Waals surface area contributed by atoms with Crippen LogP contribution in [0.4, 0.5) is 5.69 Å². The second kappa shape index (κ2) is 7.26. The van der Waals surface area contributed by atoms with Crippen LogP contribution in [-0.4, -0.2) is 28.0 Å². The van der Waals surface area contributed by atoms with E-state index in [0.29, 0.717) is 23.8 Å². The molecule has 7 nitrogen and oxygen atoms in total. The molecule has 0 bridgehead atoms. The minimum Gasteiger partial charge on any atom is -0.496 e. The van der Waals surface area contributed by atoms with Gasteiger partial charge >= 0.3 is 0 Å². The molecule has 1 amide bonds.